The number of aryl methyl sites for hydroxylation is 1. The average Bonchev–Trinajstić information content (AvgIpc) is 3.17. The third-order valence-corrected chi connectivity index (χ3v) is 5.01. The fourth-order valence-corrected chi connectivity index (χ4v) is 3.60. The van der Waals surface area contributed by atoms with Gasteiger partial charge < -0.3 is 10.4 Å². The number of halogens is 1. The molecule has 3 aromatic rings. The minimum absolute atomic E-state index is 0.0597. The van der Waals surface area contributed by atoms with Crippen LogP contribution >= 0.6 is 22.9 Å². The van der Waals surface area contributed by atoms with E-state index in [0.29, 0.717) is 23.8 Å². The van der Waals surface area contributed by atoms with Crippen LogP contribution in [-0.4, -0.2) is 21.0 Å². The van der Waals surface area contributed by atoms with Crippen molar-refractivity contribution < 1.29 is 9.90 Å². The van der Waals surface area contributed by atoms with Crippen LogP contribution < -0.4 is 5.32 Å². The molecule has 0 radical (unpaired) electrons. The van der Waals surface area contributed by atoms with Crippen LogP contribution in [0.3, 0.4) is 0 Å². The monoisotopic (exact) mass is 399 g/mol. The third-order valence-electron chi connectivity index (χ3n) is 4.02. The molecule has 3 rings (SSSR count). The summed E-state index contributed by atoms with van der Waals surface area (Å²) in [5.41, 5.74) is 3.59. The minimum Gasteiger partial charge on any atom is -0.478 e. The van der Waals surface area contributed by atoms with E-state index in [1.807, 2.05) is 22.9 Å². The van der Waals surface area contributed by atoms with Crippen molar-refractivity contribution in [3.05, 3.63) is 69.5 Å². The Morgan fingerprint density at radius 2 is 2.19 bits per heavy atom. The lowest BCUT2D eigenvalue weighted by Crippen LogP contribution is -2.07. The Balaban J connectivity index is 2.07. The molecular formula is C20H18ClN3O2S. The van der Waals surface area contributed by atoms with Crippen LogP contribution in [-0.2, 0) is 12.8 Å². The van der Waals surface area contributed by atoms with E-state index >= 15 is 0 Å². The number of carbonyl (C=O) groups is 1. The van der Waals surface area contributed by atoms with Gasteiger partial charge in [0.1, 0.15) is 5.82 Å². The summed E-state index contributed by atoms with van der Waals surface area (Å²) in [7, 11) is 0. The van der Waals surface area contributed by atoms with Gasteiger partial charge >= 0.3 is 5.97 Å². The Bertz CT molecular complexity index is 987. The molecule has 0 saturated carbocycles. The molecule has 2 N–H and O–H groups in total. The van der Waals surface area contributed by atoms with Crippen LogP contribution in [0.5, 0.6) is 0 Å². The molecule has 0 spiro atoms. The fraction of sp³-hybridized carbons (Fsp3) is 0.150. The zero-order chi connectivity index (χ0) is 19.4. The van der Waals surface area contributed by atoms with Crippen molar-refractivity contribution in [1.82, 2.24) is 9.97 Å². The number of carboxylic acid groups (broad SMARTS) is 1. The van der Waals surface area contributed by atoms with Crippen molar-refractivity contribution in [2.24, 2.45) is 0 Å². The lowest BCUT2D eigenvalue weighted by molar-refractivity contribution is 0.0697. The second-order valence-electron chi connectivity index (χ2n) is 5.80. The highest BCUT2D eigenvalue weighted by atomic mass is 35.5. The highest BCUT2D eigenvalue weighted by molar-refractivity contribution is 7.08. The number of allylic oxidation sites excluding steroid dienone is 1. The predicted octanol–water partition coefficient (Wildman–Crippen LogP) is 5.59. The summed E-state index contributed by atoms with van der Waals surface area (Å²) < 4.78 is 0. The first-order valence-corrected chi connectivity index (χ1v) is 9.68. The van der Waals surface area contributed by atoms with Gasteiger partial charge in [0, 0.05) is 27.9 Å². The summed E-state index contributed by atoms with van der Waals surface area (Å²) in [5, 5.41) is 16.6. The Hall–Kier alpha value is -2.70. The molecule has 0 aliphatic heterocycles. The standard InChI is InChI=1S/C20H18ClN3O2S/c1-3-5-15-17(4-2)23-18(12-8-9-27-11-12)24-19(15)22-13-6-7-14(20(25)26)16(21)10-13/h3,6-11H,1,4-5H2,2H3,(H,25,26)(H,22,23,24). The van der Waals surface area contributed by atoms with Gasteiger partial charge in [0.05, 0.1) is 10.6 Å². The third kappa shape index (κ3) is 4.18. The lowest BCUT2D eigenvalue weighted by Gasteiger charge is -2.15. The zero-order valence-electron chi connectivity index (χ0n) is 14.7. The van der Waals surface area contributed by atoms with Gasteiger partial charge in [-0.2, -0.15) is 11.3 Å². The van der Waals surface area contributed by atoms with E-state index in [-0.39, 0.29) is 10.6 Å². The van der Waals surface area contributed by atoms with Crippen LogP contribution in [0.2, 0.25) is 5.02 Å². The molecular weight excluding hydrogens is 382 g/mol. The second-order valence-corrected chi connectivity index (χ2v) is 6.99. The SMILES string of the molecule is C=CCc1c(CC)nc(-c2ccsc2)nc1Nc1ccc(C(=O)O)c(Cl)c1. The van der Waals surface area contributed by atoms with Crippen LogP contribution in [0.25, 0.3) is 11.4 Å². The van der Waals surface area contributed by atoms with E-state index in [0.717, 1.165) is 23.2 Å². The number of benzene rings is 1. The van der Waals surface area contributed by atoms with E-state index in [1.54, 1.807) is 23.5 Å². The summed E-state index contributed by atoms with van der Waals surface area (Å²) in [5.74, 6) is 0.257. The maximum Gasteiger partial charge on any atom is 0.337 e. The van der Waals surface area contributed by atoms with Crippen molar-refractivity contribution in [2.75, 3.05) is 5.32 Å². The quantitative estimate of drug-likeness (QED) is 0.506. The molecule has 27 heavy (non-hydrogen) atoms. The van der Waals surface area contributed by atoms with E-state index in [2.05, 4.69) is 18.8 Å². The molecule has 1 aromatic carbocycles. The number of aromatic nitrogens is 2. The summed E-state index contributed by atoms with van der Waals surface area (Å²) in [6, 6.07) is 6.71. The molecule has 0 fully saturated rings. The van der Waals surface area contributed by atoms with Crippen molar-refractivity contribution in [2.45, 2.75) is 19.8 Å². The number of aromatic carboxylic acids is 1. The molecule has 0 amide bonds. The maximum absolute atomic E-state index is 11.2. The lowest BCUT2D eigenvalue weighted by atomic mass is 10.1. The van der Waals surface area contributed by atoms with E-state index in [1.165, 1.54) is 6.07 Å². The summed E-state index contributed by atoms with van der Waals surface area (Å²) >= 11 is 7.68. The Kier molecular flexibility index (Phi) is 5.88. The summed E-state index contributed by atoms with van der Waals surface area (Å²) in [6.45, 7) is 5.88. The highest BCUT2D eigenvalue weighted by Gasteiger charge is 2.15. The molecule has 0 aliphatic rings. The van der Waals surface area contributed by atoms with Gasteiger partial charge in [-0.25, -0.2) is 14.8 Å². The number of anilines is 2. The number of hydrogen-bond acceptors (Lipinski definition) is 5. The molecule has 2 heterocycles. The van der Waals surface area contributed by atoms with E-state index in [4.69, 9.17) is 26.7 Å². The first kappa shape index (κ1) is 19.1. The molecule has 0 atom stereocenters. The maximum atomic E-state index is 11.2. The smallest absolute Gasteiger partial charge is 0.337 e. The number of thiophene rings is 1. The molecule has 0 unspecified atom stereocenters. The van der Waals surface area contributed by atoms with Gasteiger partial charge in [-0.05, 0) is 42.5 Å². The van der Waals surface area contributed by atoms with Gasteiger partial charge in [-0.15, -0.1) is 6.58 Å². The molecule has 0 saturated heterocycles. The largest absolute Gasteiger partial charge is 0.478 e. The van der Waals surface area contributed by atoms with Gasteiger partial charge in [0.15, 0.2) is 5.82 Å². The number of nitrogens with one attached hydrogen (secondary N) is 1. The number of hydrogen-bond donors (Lipinski definition) is 2. The Morgan fingerprint density at radius 3 is 2.78 bits per heavy atom. The Labute approximate surface area is 166 Å². The first-order valence-electron chi connectivity index (χ1n) is 8.36. The van der Waals surface area contributed by atoms with Gasteiger partial charge in [-0.1, -0.05) is 24.6 Å². The van der Waals surface area contributed by atoms with Crippen molar-refractivity contribution in [3.63, 3.8) is 0 Å². The topological polar surface area (TPSA) is 75.1 Å². The van der Waals surface area contributed by atoms with Crippen LogP contribution in [0.4, 0.5) is 11.5 Å². The van der Waals surface area contributed by atoms with Crippen LogP contribution in [0, 0.1) is 0 Å². The number of rotatable bonds is 7. The normalized spacial score (nSPS) is 10.6. The van der Waals surface area contributed by atoms with Gasteiger partial charge in [-0.3, -0.25) is 0 Å². The summed E-state index contributed by atoms with van der Waals surface area (Å²) in [6.07, 6.45) is 3.19. The zero-order valence-corrected chi connectivity index (χ0v) is 16.3. The summed E-state index contributed by atoms with van der Waals surface area (Å²) in [4.78, 5) is 20.6. The van der Waals surface area contributed by atoms with Crippen molar-refractivity contribution in [3.8, 4) is 11.4 Å². The highest BCUT2D eigenvalue weighted by Crippen LogP contribution is 2.29. The van der Waals surface area contributed by atoms with E-state index < -0.39 is 5.97 Å². The van der Waals surface area contributed by atoms with Crippen molar-refractivity contribution >= 4 is 40.4 Å². The minimum atomic E-state index is -1.06. The molecule has 2 aromatic heterocycles. The number of nitrogens with zero attached hydrogens (tertiary/aromatic N) is 2. The second kappa shape index (κ2) is 8.33. The number of carboxylic acids is 1. The van der Waals surface area contributed by atoms with Gasteiger partial charge in [0.25, 0.3) is 0 Å². The molecule has 5 nitrogen and oxygen atoms in total. The van der Waals surface area contributed by atoms with Crippen LogP contribution in [0.15, 0.2) is 47.7 Å². The first-order chi connectivity index (χ1) is 13.0. The predicted molar refractivity (Wildman–Crippen MR) is 110 cm³/mol. The molecule has 0 aliphatic carbocycles. The molecule has 7 heteroatoms. The average molecular weight is 400 g/mol. The van der Waals surface area contributed by atoms with Crippen LogP contribution in [0.1, 0.15) is 28.5 Å². The molecule has 138 valence electrons. The molecule has 0 bridgehead atoms. The Morgan fingerprint density at radius 1 is 1.37 bits per heavy atom. The fourth-order valence-electron chi connectivity index (χ4n) is 2.71. The van der Waals surface area contributed by atoms with E-state index in [9.17, 15) is 4.79 Å². The van der Waals surface area contributed by atoms with Gasteiger partial charge in [0.2, 0.25) is 0 Å². The van der Waals surface area contributed by atoms with Crippen molar-refractivity contribution in [1.29, 1.82) is 0 Å².